The molecule has 2 aliphatic rings. The van der Waals surface area contributed by atoms with Crippen LogP contribution in [0.5, 0.6) is 23.0 Å². The van der Waals surface area contributed by atoms with E-state index in [-0.39, 0.29) is 19.0 Å². The van der Waals surface area contributed by atoms with Gasteiger partial charge < -0.3 is 23.7 Å². The molecule has 192 valence electrons. The van der Waals surface area contributed by atoms with Gasteiger partial charge in [-0.05, 0) is 55.3 Å². The maximum Gasteiger partial charge on any atom is 0.338 e. The average Bonchev–Trinajstić information content (AvgIpc) is 3.47. The number of hydrogen-bond acceptors (Lipinski definition) is 9. The summed E-state index contributed by atoms with van der Waals surface area (Å²) in [5.74, 6) is 1.72. The first-order chi connectivity index (χ1) is 17.9. The van der Waals surface area contributed by atoms with Crippen molar-refractivity contribution in [1.29, 1.82) is 0 Å². The SMILES string of the molecule is CCOC(=O)C1=C(C)N=c2s/c(=C\c3cc(OC)c(OC)cc3Br)c(=O)n2C1c1ccc2c(c1)OCO2. The van der Waals surface area contributed by atoms with E-state index in [1.54, 1.807) is 58.4 Å². The lowest BCUT2D eigenvalue weighted by atomic mass is 9.95. The summed E-state index contributed by atoms with van der Waals surface area (Å²) in [6, 6.07) is 8.18. The van der Waals surface area contributed by atoms with Crippen molar-refractivity contribution in [3.8, 4) is 23.0 Å². The van der Waals surface area contributed by atoms with Crippen molar-refractivity contribution < 1.29 is 28.5 Å². The van der Waals surface area contributed by atoms with Crippen LogP contribution in [0.15, 0.2) is 55.9 Å². The Bertz CT molecular complexity index is 1620. The van der Waals surface area contributed by atoms with Crippen LogP contribution >= 0.6 is 27.3 Å². The zero-order valence-electron chi connectivity index (χ0n) is 20.5. The Hall–Kier alpha value is -3.57. The van der Waals surface area contributed by atoms with Gasteiger partial charge in [0.2, 0.25) is 6.79 Å². The fraction of sp³-hybridized carbons (Fsp3) is 0.269. The molecule has 0 fully saturated rings. The van der Waals surface area contributed by atoms with E-state index < -0.39 is 12.0 Å². The van der Waals surface area contributed by atoms with Crippen LogP contribution in [0.4, 0.5) is 0 Å². The van der Waals surface area contributed by atoms with Crippen LogP contribution in [0, 0.1) is 0 Å². The molecule has 0 saturated heterocycles. The molecule has 2 aliphatic heterocycles. The van der Waals surface area contributed by atoms with Crippen LogP contribution in [-0.2, 0) is 9.53 Å². The topological polar surface area (TPSA) is 97.6 Å². The lowest BCUT2D eigenvalue weighted by molar-refractivity contribution is -0.139. The minimum absolute atomic E-state index is 0.112. The number of ether oxygens (including phenoxy) is 5. The van der Waals surface area contributed by atoms with Gasteiger partial charge in [0.05, 0.1) is 42.7 Å². The molecule has 0 radical (unpaired) electrons. The van der Waals surface area contributed by atoms with E-state index in [1.807, 2.05) is 6.07 Å². The van der Waals surface area contributed by atoms with Gasteiger partial charge in [-0.1, -0.05) is 33.3 Å². The number of esters is 1. The minimum Gasteiger partial charge on any atom is -0.493 e. The zero-order chi connectivity index (χ0) is 26.3. The number of carbonyl (C=O) groups excluding carboxylic acids is 1. The second kappa shape index (κ2) is 10.1. The van der Waals surface area contributed by atoms with Crippen molar-refractivity contribution in [2.45, 2.75) is 19.9 Å². The number of halogens is 1. The van der Waals surface area contributed by atoms with E-state index in [0.29, 0.717) is 49.2 Å². The molecule has 0 N–H and O–H groups in total. The largest absolute Gasteiger partial charge is 0.493 e. The fourth-order valence-electron chi connectivity index (χ4n) is 4.31. The van der Waals surface area contributed by atoms with Crippen molar-refractivity contribution in [2.75, 3.05) is 27.6 Å². The molecule has 0 amide bonds. The third-order valence-electron chi connectivity index (χ3n) is 6.02. The molecule has 0 bridgehead atoms. The lowest BCUT2D eigenvalue weighted by Gasteiger charge is -2.24. The molecule has 2 aromatic carbocycles. The van der Waals surface area contributed by atoms with Crippen LogP contribution in [0.25, 0.3) is 6.08 Å². The molecule has 1 aromatic heterocycles. The molecule has 3 heterocycles. The summed E-state index contributed by atoms with van der Waals surface area (Å²) >= 11 is 4.78. The van der Waals surface area contributed by atoms with Crippen molar-refractivity contribution in [1.82, 2.24) is 4.57 Å². The normalized spacial score (nSPS) is 16.4. The third kappa shape index (κ3) is 4.42. The number of aromatic nitrogens is 1. The van der Waals surface area contributed by atoms with Crippen LogP contribution < -0.4 is 33.8 Å². The van der Waals surface area contributed by atoms with Crippen LogP contribution in [0.2, 0.25) is 0 Å². The summed E-state index contributed by atoms with van der Waals surface area (Å²) in [5.41, 5.74) is 1.90. The first-order valence-corrected chi connectivity index (χ1v) is 13.0. The van der Waals surface area contributed by atoms with E-state index in [9.17, 15) is 9.59 Å². The molecule has 37 heavy (non-hydrogen) atoms. The van der Waals surface area contributed by atoms with E-state index in [1.165, 1.54) is 15.9 Å². The number of allylic oxidation sites excluding steroid dienone is 1. The van der Waals surface area contributed by atoms with Gasteiger partial charge in [-0.2, -0.15) is 0 Å². The molecule has 0 spiro atoms. The molecule has 3 aromatic rings. The number of fused-ring (bicyclic) bond motifs is 2. The van der Waals surface area contributed by atoms with Gasteiger partial charge >= 0.3 is 5.97 Å². The number of nitrogens with zero attached hydrogens (tertiary/aromatic N) is 2. The lowest BCUT2D eigenvalue weighted by Crippen LogP contribution is -2.39. The predicted octanol–water partition coefficient (Wildman–Crippen LogP) is 3.31. The van der Waals surface area contributed by atoms with Gasteiger partial charge in [0.15, 0.2) is 27.8 Å². The highest BCUT2D eigenvalue weighted by atomic mass is 79.9. The van der Waals surface area contributed by atoms with Crippen LogP contribution in [0.3, 0.4) is 0 Å². The maximum atomic E-state index is 13.8. The van der Waals surface area contributed by atoms with Crippen LogP contribution in [0.1, 0.15) is 31.0 Å². The van der Waals surface area contributed by atoms with Gasteiger partial charge in [-0.25, -0.2) is 9.79 Å². The van der Waals surface area contributed by atoms with Crippen LogP contribution in [-0.4, -0.2) is 38.2 Å². The number of rotatable bonds is 6. The molecule has 0 aliphatic carbocycles. The summed E-state index contributed by atoms with van der Waals surface area (Å²) < 4.78 is 29.8. The number of carbonyl (C=O) groups is 1. The standard InChI is InChI=1S/C26H23BrN2O7S/c1-5-34-25(31)22-13(2)28-26-29(23(22)14-6-7-17-20(8-14)36-12-35-17)24(30)21(37-26)10-15-9-18(32-3)19(33-4)11-16(15)27/h6-11,23H,5,12H2,1-4H3/b21-10-. The van der Waals surface area contributed by atoms with Gasteiger partial charge in [-0.15, -0.1) is 0 Å². The first-order valence-electron chi connectivity index (χ1n) is 11.4. The number of thiazole rings is 1. The molecule has 11 heteroatoms. The highest BCUT2D eigenvalue weighted by molar-refractivity contribution is 9.10. The third-order valence-corrected chi connectivity index (χ3v) is 7.69. The summed E-state index contributed by atoms with van der Waals surface area (Å²) in [7, 11) is 3.11. The smallest absolute Gasteiger partial charge is 0.338 e. The fourth-order valence-corrected chi connectivity index (χ4v) is 5.79. The van der Waals surface area contributed by atoms with E-state index >= 15 is 0 Å². The minimum atomic E-state index is -0.749. The molecule has 9 nitrogen and oxygen atoms in total. The predicted molar refractivity (Wildman–Crippen MR) is 140 cm³/mol. The van der Waals surface area contributed by atoms with Crippen molar-refractivity contribution in [3.63, 3.8) is 0 Å². The molecular weight excluding hydrogens is 564 g/mol. The van der Waals surface area contributed by atoms with E-state index in [2.05, 4.69) is 20.9 Å². The zero-order valence-corrected chi connectivity index (χ0v) is 22.9. The Balaban J connectivity index is 1.72. The van der Waals surface area contributed by atoms with Gasteiger partial charge in [-0.3, -0.25) is 9.36 Å². The Morgan fingerprint density at radius 1 is 1.19 bits per heavy atom. The number of benzene rings is 2. The molecular formula is C26H23BrN2O7S. The number of hydrogen-bond donors (Lipinski definition) is 0. The molecule has 1 atom stereocenters. The second-order valence-electron chi connectivity index (χ2n) is 8.14. The Kier molecular flexibility index (Phi) is 6.82. The van der Waals surface area contributed by atoms with Crippen molar-refractivity contribution in [3.05, 3.63) is 76.9 Å². The maximum absolute atomic E-state index is 13.8. The van der Waals surface area contributed by atoms with E-state index in [4.69, 9.17) is 23.7 Å². The summed E-state index contributed by atoms with van der Waals surface area (Å²) in [4.78, 5) is 32.0. The Morgan fingerprint density at radius 2 is 1.92 bits per heavy atom. The summed E-state index contributed by atoms with van der Waals surface area (Å²) in [6.07, 6.45) is 1.76. The summed E-state index contributed by atoms with van der Waals surface area (Å²) in [6.45, 7) is 3.79. The summed E-state index contributed by atoms with van der Waals surface area (Å²) in [5, 5.41) is 0. The molecule has 5 rings (SSSR count). The monoisotopic (exact) mass is 586 g/mol. The van der Waals surface area contributed by atoms with Crippen molar-refractivity contribution >= 4 is 39.3 Å². The van der Waals surface area contributed by atoms with Crippen molar-refractivity contribution in [2.24, 2.45) is 4.99 Å². The number of methoxy groups -OCH3 is 2. The molecule has 0 saturated carbocycles. The molecule has 1 unspecified atom stereocenters. The Morgan fingerprint density at radius 3 is 2.65 bits per heavy atom. The average molecular weight is 587 g/mol. The first kappa shape index (κ1) is 25.1. The van der Waals surface area contributed by atoms with Gasteiger partial charge in [0.1, 0.15) is 0 Å². The van der Waals surface area contributed by atoms with E-state index in [0.717, 1.165) is 10.0 Å². The Labute approximate surface area is 224 Å². The highest BCUT2D eigenvalue weighted by Crippen LogP contribution is 2.38. The highest BCUT2D eigenvalue weighted by Gasteiger charge is 2.34. The quantitative estimate of drug-likeness (QED) is 0.409. The van der Waals surface area contributed by atoms with Gasteiger partial charge in [0, 0.05) is 4.47 Å². The second-order valence-corrected chi connectivity index (χ2v) is 10.0. The van der Waals surface area contributed by atoms with Gasteiger partial charge in [0.25, 0.3) is 5.56 Å².